The minimum absolute atomic E-state index is 0.158. The molecular formula is C21H25N3O2. The van der Waals surface area contributed by atoms with Crippen molar-refractivity contribution in [3.05, 3.63) is 54.4 Å². The Morgan fingerprint density at radius 2 is 1.65 bits per heavy atom. The Morgan fingerprint density at radius 3 is 2.23 bits per heavy atom. The molecule has 0 radical (unpaired) electrons. The molecule has 2 fully saturated rings. The summed E-state index contributed by atoms with van der Waals surface area (Å²) < 4.78 is 6.13. The Hall–Kier alpha value is -2.56. The Labute approximate surface area is 154 Å². The van der Waals surface area contributed by atoms with E-state index in [1.807, 2.05) is 55.4 Å². The van der Waals surface area contributed by atoms with Crippen molar-refractivity contribution in [2.75, 3.05) is 19.0 Å². The normalized spacial score (nSPS) is 24.4. The molecule has 2 aromatic rings. The molecular weight excluding hydrogens is 326 g/mol. The lowest BCUT2D eigenvalue weighted by Crippen LogP contribution is -2.49. The zero-order valence-electron chi connectivity index (χ0n) is 15.3. The topological polar surface area (TPSA) is 45.7 Å². The van der Waals surface area contributed by atoms with Gasteiger partial charge in [0.2, 0.25) is 0 Å². The second kappa shape index (κ2) is 6.98. The number of hydrogen-bond donors (Lipinski definition) is 0. The molecule has 26 heavy (non-hydrogen) atoms. The van der Waals surface area contributed by atoms with Gasteiger partial charge in [-0.1, -0.05) is 0 Å². The maximum atomic E-state index is 13.1. The van der Waals surface area contributed by atoms with Crippen LogP contribution in [0.5, 0.6) is 5.75 Å². The van der Waals surface area contributed by atoms with Gasteiger partial charge in [-0.05, 0) is 49.2 Å². The van der Waals surface area contributed by atoms with Gasteiger partial charge in [-0.25, -0.2) is 0 Å². The number of benzene rings is 1. The summed E-state index contributed by atoms with van der Waals surface area (Å²) >= 11 is 0. The summed E-state index contributed by atoms with van der Waals surface area (Å²) in [6.07, 6.45) is 7.63. The molecule has 136 valence electrons. The quantitative estimate of drug-likeness (QED) is 0.847. The van der Waals surface area contributed by atoms with Gasteiger partial charge in [0.1, 0.15) is 11.9 Å². The largest absolute Gasteiger partial charge is 0.490 e. The molecule has 2 unspecified atom stereocenters. The van der Waals surface area contributed by atoms with E-state index in [1.54, 1.807) is 12.4 Å². The number of piperidine rings is 1. The minimum Gasteiger partial charge on any atom is -0.490 e. The first-order valence-electron chi connectivity index (χ1n) is 9.28. The molecule has 2 bridgehead atoms. The van der Waals surface area contributed by atoms with Crippen LogP contribution >= 0.6 is 0 Å². The first-order valence-corrected chi connectivity index (χ1v) is 9.28. The zero-order chi connectivity index (χ0) is 18.1. The van der Waals surface area contributed by atoms with E-state index in [1.165, 1.54) is 0 Å². The molecule has 2 saturated heterocycles. The van der Waals surface area contributed by atoms with Crippen LogP contribution in [0.4, 0.5) is 5.69 Å². The fourth-order valence-electron chi connectivity index (χ4n) is 4.22. The van der Waals surface area contributed by atoms with Crippen molar-refractivity contribution < 1.29 is 9.53 Å². The second-order valence-corrected chi connectivity index (χ2v) is 7.43. The van der Waals surface area contributed by atoms with Gasteiger partial charge in [0, 0.05) is 62.7 Å². The summed E-state index contributed by atoms with van der Waals surface area (Å²) in [6.45, 7) is 0. The van der Waals surface area contributed by atoms with Crippen LogP contribution in [0.3, 0.4) is 0 Å². The van der Waals surface area contributed by atoms with E-state index < -0.39 is 0 Å². The lowest BCUT2D eigenvalue weighted by atomic mass is 9.98. The summed E-state index contributed by atoms with van der Waals surface area (Å²) in [7, 11) is 4.01. The van der Waals surface area contributed by atoms with E-state index in [4.69, 9.17) is 4.74 Å². The van der Waals surface area contributed by atoms with Crippen LogP contribution in [-0.4, -0.2) is 48.1 Å². The lowest BCUT2D eigenvalue weighted by molar-refractivity contribution is 0.0359. The molecule has 3 heterocycles. The van der Waals surface area contributed by atoms with Gasteiger partial charge in [0.25, 0.3) is 5.91 Å². The summed E-state index contributed by atoms with van der Waals surface area (Å²) in [6, 6.07) is 12.2. The van der Waals surface area contributed by atoms with Gasteiger partial charge < -0.3 is 14.5 Å². The number of ether oxygens (including phenoxy) is 1. The Bertz CT molecular complexity index is 747. The summed E-state index contributed by atoms with van der Waals surface area (Å²) in [5.41, 5.74) is 1.88. The molecule has 0 spiro atoms. The third-order valence-electron chi connectivity index (χ3n) is 5.51. The third-order valence-corrected chi connectivity index (χ3v) is 5.51. The molecule has 1 aromatic carbocycles. The highest BCUT2D eigenvalue weighted by atomic mass is 16.5. The molecule has 1 aromatic heterocycles. The monoisotopic (exact) mass is 351 g/mol. The van der Waals surface area contributed by atoms with E-state index >= 15 is 0 Å². The Balaban J connectivity index is 1.45. The molecule has 0 aliphatic carbocycles. The highest BCUT2D eigenvalue weighted by Crippen LogP contribution is 2.38. The Morgan fingerprint density at radius 1 is 1.04 bits per heavy atom. The van der Waals surface area contributed by atoms with Crippen LogP contribution in [-0.2, 0) is 0 Å². The number of amides is 1. The van der Waals surface area contributed by atoms with Gasteiger partial charge in [-0.3, -0.25) is 9.78 Å². The van der Waals surface area contributed by atoms with Crippen molar-refractivity contribution in [2.45, 2.75) is 43.9 Å². The van der Waals surface area contributed by atoms with Crippen molar-refractivity contribution in [1.29, 1.82) is 0 Å². The van der Waals surface area contributed by atoms with E-state index in [0.29, 0.717) is 0 Å². The number of anilines is 1. The standard InChI is InChI=1S/C21H25N3O2/c1-23(2)16-5-3-15(4-6-16)21(25)24-17-7-8-18(24)14-20(13-17)26-19-9-11-22-12-10-19/h3-6,9-12,17-18,20H,7-8,13-14H2,1-2H3. The summed E-state index contributed by atoms with van der Waals surface area (Å²) in [4.78, 5) is 21.3. The van der Waals surface area contributed by atoms with Gasteiger partial charge >= 0.3 is 0 Å². The van der Waals surface area contributed by atoms with E-state index in [9.17, 15) is 4.79 Å². The molecule has 0 saturated carbocycles. The van der Waals surface area contributed by atoms with Crippen molar-refractivity contribution in [3.8, 4) is 5.75 Å². The van der Waals surface area contributed by atoms with Crippen molar-refractivity contribution >= 4 is 11.6 Å². The van der Waals surface area contributed by atoms with Crippen LogP contribution in [0.15, 0.2) is 48.8 Å². The number of carbonyl (C=O) groups excluding carboxylic acids is 1. The summed E-state index contributed by atoms with van der Waals surface area (Å²) in [5.74, 6) is 1.02. The SMILES string of the molecule is CN(C)c1ccc(C(=O)N2C3CCC2CC(Oc2ccncc2)C3)cc1. The minimum atomic E-state index is 0.158. The number of rotatable bonds is 4. The molecule has 4 rings (SSSR count). The molecule has 0 N–H and O–H groups in total. The van der Waals surface area contributed by atoms with Crippen LogP contribution in [0.2, 0.25) is 0 Å². The van der Waals surface area contributed by atoms with Gasteiger partial charge in [0.15, 0.2) is 0 Å². The average molecular weight is 351 g/mol. The molecule has 1 amide bonds. The highest BCUT2D eigenvalue weighted by Gasteiger charge is 2.44. The molecule has 2 aliphatic rings. The summed E-state index contributed by atoms with van der Waals surface area (Å²) in [5, 5.41) is 0. The number of fused-ring (bicyclic) bond motifs is 2. The van der Waals surface area contributed by atoms with Gasteiger partial charge in [-0.15, -0.1) is 0 Å². The fourth-order valence-corrected chi connectivity index (χ4v) is 4.22. The van der Waals surface area contributed by atoms with E-state index in [-0.39, 0.29) is 24.1 Å². The smallest absolute Gasteiger partial charge is 0.254 e. The third kappa shape index (κ3) is 3.26. The predicted octanol–water partition coefficient (Wildman–Crippen LogP) is 3.36. The maximum absolute atomic E-state index is 13.1. The lowest BCUT2D eigenvalue weighted by Gasteiger charge is -2.39. The van der Waals surface area contributed by atoms with Crippen molar-refractivity contribution in [1.82, 2.24) is 9.88 Å². The molecule has 5 nitrogen and oxygen atoms in total. The van der Waals surface area contributed by atoms with Gasteiger partial charge in [-0.2, -0.15) is 0 Å². The van der Waals surface area contributed by atoms with E-state index in [2.05, 4.69) is 9.88 Å². The number of carbonyl (C=O) groups is 1. The maximum Gasteiger partial charge on any atom is 0.254 e. The number of hydrogen-bond acceptors (Lipinski definition) is 4. The van der Waals surface area contributed by atoms with Crippen LogP contribution in [0, 0.1) is 0 Å². The average Bonchev–Trinajstić information content (AvgIpc) is 2.92. The van der Waals surface area contributed by atoms with Gasteiger partial charge in [0.05, 0.1) is 0 Å². The van der Waals surface area contributed by atoms with E-state index in [0.717, 1.165) is 42.7 Å². The number of pyridine rings is 1. The second-order valence-electron chi connectivity index (χ2n) is 7.43. The first-order chi connectivity index (χ1) is 12.6. The van der Waals surface area contributed by atoms with Crippen LogP contribution in [0.25, 0.3) is 0 Å². The predicted molar refractivity (Wildman–Crippen MR) is 102 cm³/mol. The van der Waals surface area contributed by atoms with Crippen molar-refractivity contribution in [3.63, 3.8) is 0 Å². The fraction of sp³-hybridized carbons (Fsp3) is 0.429. The molecule has 2 aliphatic heterocycles. The van der Waals surface area contributed by atoms with Crippen LogP contribution < -0.4 is 9.64 Å². The number of aromatic nitrogens is 1. The molecule has 5 heteroatoms. The number of nitrogens with zero attached hydrogens (tertiary/aromatic N) is 3. The zero-order valence-corrected chi connectivity index (χ0v) is 15.3. The highest BCUT2D eigenvalue weighted by molar-refractivity contribution is 5.95. The van der Waals surface area contributed by atoms with Crippen LogP contribution in [0.1, 0.15) is 36.0 Å². The van der Waals surface area contributed by atoms with Crippen molar-refractivity contribution in [2.24, 2.45) is 0 Å². The first kappa shape index (κ1) is 16.9. The Kier molecular flexibility index (Phi) is 4.53. The molecule has 2 atom stereocenters.